The van der Waals surface area contributed by atoms with E-state index in [-0.39, 0.29) is 17.4 Å². The smallest absolute Gasteiger partial charge is 0.257 e. The number of hydrogen-bond donors (Lipinski definition) is 2. The van der Waals surface area contributed by atoms with Gasteiger partial charge in [0.1, 0.15) is 0 Å². The summed E-state index contributed by atoms with van der Waals surface area (Å²) in [6.07, 6.45) is 2.83. The number of amides is 2. The molecule has 130 valence electrons. The fraction of sp³-hybridized carbons (Fsp3) is 0.0500. The van der Waals surface area contributed by atoms with Crippen LogP contribution in [0.3, 0.4) is 0 Å². The van der Waals surface area contributed by atoms with Crippen molar-refractivity contribution in [2.24, 2.45) is 0 Å². The van der Waals surface area contributed by atoms with Gasteiger partial charge in [-0.1, -0.05) is 35.9 Å². The summed E-state index contributed by atoms with van der Waals surface area (Å²) in [4.78, 5) is 28.8. The highest BCUT2D eigenvalue weighted by Crippen LogP contribution is 2.21. The summed E-state index contributed by atoms with van der Waals surface area (Å²) in [7, 11) is 0. The van der Waals surface area contributed by atoms with Crippen molar-refractivity contribution in [1.29, 1.82) is 0 Å². The van der Waals surface area contributed by atoms with Crippen LogP contribution in [0.4, 0.5) is 11.4 Å². The van der Waals surface area contributed by atoms with Gasteiger partial charge in [0.05, 0.1) is 11.1 Å². The minimum atomic E-state index is -0.364. The molecule has 0 radical (unpaired) electrons. The van der Waals surface area contributed by atoms with Crippen molar-refractivity contribution in [3.05, 3.63) is 88.7 Å². The highest BCUT2D eigenvalue weighted by molar-refractivity contribution is 6.31. The van der Waals surface area contributed by atoms with Crippen LogP contribution in [0, 0.1) is 6.92 Å². The van der Waals surface area contributed by atoms with Crippen LogP contribution in [0.25, 0.3) is 0 Å². The number of nitrogens with zero attached hydrogens (tertiary/aromatic N) is 1. The van der Waals surface area contributed by atoms with Gasteiger partial charge in [-0.2, -0.15) is 0 Å². The zero-order chi connectivity index (χ0) is 18.5. The van der Waals surface area contributed by atoms with E-state index in [1.165, 1.54) is 18.5 Å². The van der Waals surface area contributed by atoms with Gasteiger partial charge >= 0.3 is 0 Å². The van der Waals surface area contributed by atoms with Crippen LogP contribution in [-0.4, -0.2) is 16.8 Å². The standard InChI is InChI=1S/C20H16ClN3O2/c1-13-7-8-16(21)10-18(13)24-20(26)15-9-14(11-22-12-15)19(25)23-17-5-3-2-4-6-17/h2-12H,1H3,(H,23,25)(H,24,26). The maximum absolute atomic E-state index is 12.5. The molecule has 0 atom stereocenters. The number of carbonyl (C=O) groups is 2. The third kappa shape index (κ3) is 4.26. The largest absolute Gasteiger partial charge is 0.322 e. The van der Waals surface area contributed by atoms with E-state index in [1.807, 2.05) is 31.2 Å². The Morgan fingerprint density at radius 3 is 2.23 bits per heavy atom. The number of aryl methyl sites for hydroxylation is 1. The van der Waals surface area contributed by atoms with E-state index in [0.717, 1.165) is 5.56 Å². The molecule has 2 N–H and O–H groups in total. The minimum Gasteiger partial charge on any atom is -0.322 e. The molecule has 0 saturated heterocycles. The Morgan fingerprint density at radius 1 is 0.885 bits per heavy atom. The lowest BCUT2D eigenvalue weighted by Crippen LogP contribution is -2.16. The number of pyridine rings is 1. The van der Waals surface area contributed by atoms with Crippen LogP contribution >= 0.6 is 11.6 Å². The lowest BCUT2D eigenvalue weighted by molar-refractivity contribution is 0.102. The first kappa shape index (κ1) is 17.6. The minimum absolute atomic E-state index is 0.282. The van der Waals surface area contributed by atoms with Crippen molar-refractivity contribution >= 4 is 34.8 Å². The number of aromatic nitrogens is 1. The van der Waals surface area contributed by atoms with Crippen LogP contribution in [-0.2, 0) is 0 Å². The molecule has 0 fully saturated rings. The van der Waals surface area contributed by atoms with Crippen molar-refractivity contribution < 1.29 is 9.59 Å². The number of carbonyl (C=O) groups excluding carboxylic acids is 2. The third-order valence-corrected chi connectivity index (χ3v) is 3.98. The number of rotatable bonds is 4. The van der Waals surface area contributed by atoms with Gasteiger partial charge in [-0.3, -0.25) is 14.6 Å². The van der Waals surface area contributed by atoms with E-state index in [1.54, 1.807) is 24.3 Å². The van der Waals surface area contributed by atoms with Gasteiger partial charge in [0.15, 0.2) is 0 Å². The normalized spacial score (nSPS) is 10.2. The molecule has 0 aliphatic rings. The first-order valence-electron chi connectivity index (χ1n) is 7.92. The molecule has 1 aromatic heterocycles. The van der Waals surface area contributed by atoms with E-state index < -0.39 is 0 Å². The van der Waals surface area contributed by atoms with Gasteiger partial charge in [-0.15, -0.1) is 0 Å². The van der Waals surface area contributed by atoms with E-state index in [0.29, 0.717) is 22.0 Å². The summed E-state index contributed by atoms with van der Waals surface area (Å²) >= 11 is 5.97. The van der Waals surface area contributed by atoms with Crippen LogP contribution in [0.2, 0.25) is 5.02 Å². The molecule has 0 saturated carbocycles. The monoisotopic (exact) mass is 365 g/mol. The summed E-state index contributed by atoms with van der Waals surface area (Å²) < 4.78 is 0. The Morgan fingerprint density at radius 2 is 1.54 bits per heavy atom. The summed E-state index contributed by atoms with van der Waals surface area (Å²) in [5, 5.41) is 6.08. The van der Waals surface area contributed by atoms with E-state index in [2.05, 4.69) is 15.6 Å². The fourth-order valence-electron chi connectivity index (χ4n) is 2.34. The lowest BCUT2D eigenvalue weighted by atomic mass is 10.1. The van der Waals surface area contributed by atoms with Gasteiger partial charge in [0.25, 0.3) is 11.8 Å². The van der Waals surface area contributed by atoms with E-state index in [4.69, 9.17) is 11.6 Å². The second kappa shape index (κ2) is 7.80. The third-order valence-electron chi connectivity index (χ3n) is 3.74. The van der Waals surface area contributed by atoms with Crippen LogP contribution in [0.15, 0.2) is 67.0 Å². The second-order valence-corrected chi connectivity index (χ2v) is 6.13. The predicted octanol–water partition coefficient (Wildman–Crippen LogP) is 4.55. The van der Waals surface area contributed by atoms with E-state index in [9.17, 15) is 9.59 Å². The van der Waals surface area contributed by atoms with Crippen LogP contribution in [0.5, 0.6) is 0 Å². The summed E-state index contributed by atoms with van der Waals surface area (Å²) in [5.41, 5.74) is 2.74. The number of benzene rings is 2. The Hall–Kier alpha value is -3.18. The molecule has 3 rings (SSSR count). The first-order valence-corrected chi connectivity index (χ1v) is 8.30. The SMILES string of the molecule is Cc1ccc(Cl)cc1NC(=O)c1cncc(C(=O)Nc2ccccc2)c1. The summed E-state index contributed by atoms with van der Waals surface area (Å²) in [6, 6.07) is 15.8. The molecule has 0 spiro atoms. The number of nitrogens with one attached hydrogen (secondary N) is 2. The molecular weight excluding hydrogens is 350 g/mol. The maximum atomic E-state index is 12.5. The molecule has 0 aliphatic heterocycles. The maximum Gasteiger partial charge on any atom is 0.257 e. The zero-order valence-corrected chi connectivity index (χ0v) is 14.7. The van der Waals surface area contributed by atoms with Crippen molar-refractivity contribution in [3.8, 4) is 0 Å². The molecule has 1 heterocycles. The average molecular weight is 366 g/mol. The molecule has 0 aliphatic carbocycles. The van der Waals surface area contributed by atoms with Crippen molar-refractivity contribution in [3.63, 3.8) is 0 Å². The van der Waals surface area contributed by atoms with Crippen molar-refractivity contribution in [2.75, 3.05) is 10.6 Å². The lowest BCUT2D eigenvalue weighted by Gasteiger charge is -2.10. The van der Waals surface area contributed by atoms with Crippen molar-refractivity contribution in [2.45, 2.75) is 6.92 Å². The molecule has 6 heteroatoms. The Bertz CT molecular complexity index is 958. The zero-order valence-electron chi connectivity index (χ0n) is 14.0. The van der Waals surface area contributed by atoms with Gasteiger partial charge < -0.3 is 10.6 Å². The first-order chi connectivity index (χ1) is 12.5. The number of anilines is 2. The number of para-hydroxylation sites is 1. The highest BCUT2D eigenvalue weighted by atomic mass is 35.5. The van der Waals surface area contributed by atoms with Gasteiger partial charge in [-0.25, -0.2) is 0 Å². The van der Waals surface area contributed by atoms with Crippen LogP contribution in [0.1, 0.15) is 26.3 Å². The average Bonchev–Trinajstić information content (AvgIpc) is 2.65. The number of halogens is 1. The van der Waals surface area contributed by atoms with Gasteiger partial charge in [-0.05, 0) is 42.8 Å². The highest BCUT2D eigenvalue weighted by Gasteiger charge is 2.13. The number of hydrogen-bond acceptors (Lipinski definition) is 3. The molecule has 5 nitrogen and oxygen atoms in total. The van der Waals surface area contributed by atoms with Crippen molar-refractivity contribution in [1.82, 2.24) is 4.98 Å². The molecule has 0 bridgehead atoms. The molecule has 0 unspecified atom stereocenters. The summed E-state index contributed by atoms with van der Waals surface area (Å²) in [5.74, 6) is -0.700. The Balaban J connectivity index is 1.77. The molecule has 2 aromatic carbocycles. The Labute approximate surface area is 156 Å². The molecule has 3 aromatic rings. The molecular formula is C20H16ClN3O2. The van der Waals surface area contributed by atoms with Gasteiger partial charge in [0.2, 0.25) is 0 Å². The van der Waals surface area contributed by atoms with E-state index >= 15 is 0 Å². The summed E-state index contributed by atoms with van der Waals surface area (Å²) in [6.45, 7) is 1.87. The topological polar surface area (TPSA) is 71.1 Å². The predicted molar refractivity (Wildman–Crippen MR) is 103 cm³/mol. The second-order valence-electron chi connectivity index (χ2n) is 5.70. The molecule has 26 heavy (non-hydrogen) atoms. The fourth-order valence-corrected chi connectivity index (χ4v) is 2.51. The van der Waals surface area contributed by atoms with Crippen LogP contribution < -0.4 is 10.6 Å². The Kier molecular flexibility index (Phi) is 5.29. The quantitative estimate of drug-likeness (QED) is 0.712. The van der Waals surface area contributed by atoms with Gasteiger partial charge in [0, 0.05) is 28.8 Å². The molecule has 2 amide bonds.